The Bertz CT molecular complexity index is 165. The van der Waals surface area contributed by atoms with Crippen molar-refractivity contribution in [1.29, 1.82) is 0 Å². The Morgan fingerprint density at radius 3 is 2.00 bits per heavy atom. The van der Waals surface area contributed by atoms with Crippen LogP contribution in [-0.2, 0) is 9.53 Å². The number of carbonyl (C=O) groups is 1. The van der Waals surface area contributed by atoms with Gasteiger partial charge in [-0.3, -0.25) is 0 Å². The first-order valence-electron chi connectivity index (χ1n) is 5.50. The minimum Gasteiger partial charge on any atom is -0.459 e. The molecule has 0 spiro atoms. The molecule has 2 nitrogen and oxygen atoms in total. The zero-order valence-electron chi connectivity index (χ0n) is 9.64. The monoisotopic (exact) mass is 198 g/mol. The van der Waals surface area contributed by atoms with E-state index in [0.29, 0.717) is 12.0 Å². The van der Waals surface area contributed by atoms with Crippen LogP contribution in [0.25, 0.3) is 0 Å². The quantitative estimate of drug-likeness (QED) is 0.394. The van der Waals surface area contributed by atoms with Crippen LogP contribution in [0.4, 0.5) is 0 Å². The maximum absolute atomic E-state index is 10.5. The van der Waals surface area contributed by atoms with Gasteiger partial charge in [-0.2, -0.15) is 0 Å². The summed E-state index contributed by atoms with van der Waals surface area (Å²) in [4.78, 5) is 10.5. The molecule has 0 bridgehead atoms. The lowest BCUT2D eigenvalue weighted by atomic mass is 10.2. The van der Waals surface area contributed by atoms with Gasteiger partial charge in [0.2, 0.25) is 0 Å². The molecule has 0 N–H and O–H groups in total. The average molecular weight is 198 g/mol. The van der Waals surface area contributed by atoms with Crippen molar-refractivity contribution >= 4 is 5.97 Å². The van der Waals surface area contributed by atoms with Gasteiger partial charge < -0.3 is 4.74 Å². The van der Waals surface area contributed by atoms with E-state index in [1.165, 1.54) is 25.7 Å². The van der Waals surface area contributed by atoms with Crippen molar-refractivity contribution in [3.05, 3.63) is 12.2 Å². The van der Waals surface area contributed by atoms with Gasteiger partial charge in [-0.15, -0.1) is 0 Å². The van der Waals surface area contributed by atoms with E-state index in [4.69, 9.17) is 4.74 Å². The standard InChI is InChI=1S/C6H8O2.C6H14/c1-4-3-5(2)8-6(4)7;1-3-5-6-4-2/h5H,1,3H2,2H3;3-6H2,1-2H3. The van der Waals surface area contributed by atoms with E-state index in [9.17, 15) is 4.79 Å². The molecule has 1 aliphatic heterocycles. The van der Waals surface area contributed by atoms with E-state index in [1.54, 1.807) is 0 Å². The summed E-state index contributed by atoms with van der Waals surface area (Å²) < 4.78 is 4.73. The Morgan fingerprint density at radius 2 is 1.86 bits per heavy atom. The number of esters is 1. The van der Waals surface area contributed by atoms with Crippen LogP contribution in [-0.4, -0.2) is 12.1 Å². The van der Waals surface area contributed by atoms with Crippen molar-refractivity contribution < 1.29 is 9.53 Å². The second-order valence-electron chi connectivity index (χ2n) is 3.73. The molecule has 1 aliphatic rings. The molecule has 82 valence electrons. The third-order valence-electron chi connectivity index (χ3n) is 2.09. The lowest BCUT2D eigenvalue weighted by Crippen LogP contribution is -1.99. The van der Waals surface area contributed by atoms with Gasteiger partial charge in [-0.05, 0) is 6.92 Å². The molecule has 1 fully saturated rings. The number of unbranched alkanes of at least 4 members (excludes halogenated alkanes) is 3. The van der Waals surface area contributed by atoms with Gasteiger partial charge >= 0.3 is 5.97 Å². The smallest absolute Gasteiger partial charge is 0.333 e. The molecule has 0 saturated carbocycles. The molecule has 0 radical (unpaired) electrons. The summed E-state index contributed by atoms with van der Waals surface area (Å²) in [7, 11) is 0. The predicted octanol–water partition coefficient (Wildman–Crippen LogP) is 3.46. The highest BCUT2D eigenvalue weighted by Crippen LogP contribution is 2.16. The van der Waals surface area contributed by atoms with Crippen LogP contribution in [0.2, 0.25) is 0 Å². The maximum atomic E-state index is 10.5. The van der Waals surface area contributed by atoms with Gasteiger partial charge in [-0.1, -0.05) is 46.1 Å². The van der Waals surface area contributed by atoms with E-state index in [-0.39, 0.29) is 12.1 Å². The van der Waals surface area contributed by atoms with Crippen LogP contribution in [0.15, 0.2) is 12.2 Å². The average Bonchev–Trinajstić information content (AvgIpc) is 2.42. The normalized spacial score (nSPS) is 20.1. The first-order valence-corrected chi connectivity index (χ1v) is 5.50. The van der Waals surface area contributed by atoms with Crippen LogP contribution >= 0.6 is 0 Å². The number of rotatable bonds is 3. The molecule has 1 atom stereocenters. The lowest BCUT2D eigenvalue weighted by Gasteiger charge is -1.94. The summed E-state index contributed by atoms with van der Waals surface area (Å²) >= 11 is 0. The van der Waals surface area contributed by atoms with Crippen molar-refractivity contribution in [3.63, 3.8) is 0 Å². The minimum atomic E-state index is -0.238. The Labute approximate surface area is 87.3 Å². The molecular formula is C12H22O2. The Hall–Kier alpha value is -0.790. The van der Waals surface area contributed by atoms with Crippen molar-refractivity contribution in [2.75, 3.05) is 0 Å². The molecule has 0 amide bonds. The topological polar surface area (TPSA) is 26.3 Å². The summed E-state index contributed by atoms with van der Waals surface area (Å²) in [5.74, 6) is -0.238. The van der Waals surface area contributed by atoms with Crippen molar-refractivity contribution in [3.8, 4) is 0 Å². The zero-order valence-corrected chi connectivity index (χ0v) is 9.64. The number of hydrogen-bond acceptors (Lipinski definition) is 2. The molecule has 14 heavy (non-hydrogen) atoms. The van der Waals surface area contributed by atoms with Crippen molar-refractivity contribution in [2.24, 2.45) is 0 Å². The molecule has 1 saturated heterocycles. The number of cyclic esters (lactones) is 1. The largest absolute Gasteiger partial charge is 0.459 e. The molecule has 0 aliphatic carbocycles. The molecule has 1 heterocycles. The predicted molar refractivity (Wildman–Crippen MR) is 59.1 cm³/mol. The third-order valence-corrected chi connectivity index (χ3v) is 2.09. The maximum Gasteiger partial charge on any atom is 0.333 e. The highest BCUT2D eigenvalue weighted by molar-refractivity contribution is 5.89. The first kappa shape index (κ1) is 13.2. The van der Waals surface area contributed by atoms with Gasteiger partial charge in [-0.25, -0.2) is 4.79 Å². The summed E-state index contributed by atoms with van der Waals surface area (Å²) in [6, 6.07) is 0. The second kappa shape index (κ2) is 7.60. The fourth-order valence-corrected chi connectivity index (χ4v) is 1.24. The second-order valence-corrected chi connectivity index (χ2v) is 3.73. The molecule has 0 aromatic carbocycles. The Balaban J connectivity index is 0.000000255. The minimum absolute atomic E-state index is 0.0509. The van der Waals surface area contributed by atoms with Crippen LogP contribution in [0, 0.1) is 0 Å². The fraction of sp³-hybridized carbons (Fsp3) is 0.750. The molecule has 2 heteroatoms. The highest BCUT2D eigenvalue weighted by atomic mass is 16.5. The van der Waals surface area contributed by atoms with E-state index < -0.39 is 0 Å². The summed E-state index contributed by atoms with van der Waals surface area (Å²) in [5, 5.41) is 0. The van der Waals surface area contributed by atoms with E-state index in [2.05, 4.69) is 20.4 Å². The van der Waals surface area contributed by atoms with Gasteiger partial charge in [0.05, 0.1) is 0 Å². The number of carbonyl (C=O) groups excluding carboxylic acids is 1. The number of hydrogen-bond donors (Lipinski definition) is 0. The van der Waals surface area contributed by atoms with E-state index in [0.717, 1.165) is 0 Å². The third kappa shape index (κ3) is 5.79. The van der Waals surface area contributed by atoms with Crippen molar-refractivity contribution in [1.82, 2.24) is 0 Å². The molecule has 1 unspecified atom stereocenters. The number of ether oxygens (including phenoxy) is 1. The van der Waals surface area contributed by atoms with Crippen LogP contribution in [0.3, 0.4) is 0 Å². The first-order chi connectivity index (χ1) is 6.61. The molecule has 0 aromatic rings. The van der Waals surface area contributed by atoms with E-state index in [1.807, 2.05) is 6.92 Å². The van der Waals surface area contributed by atoms with Crippen LogP contribution in [0.1, 0.15) is 52.9 Å². The Morgan fingerprint density at radius 1 is 1.36 bits per heavy atom. The zero-order chi connectivity index (χ0) is 11.0. The van der Waals surface area contributed by atoms with Gasteiger partial charge in [0.1, 0.15) is 6.10 Å². The summed E-state index contributed by atoms with van der Waals surface area (Å²) in [5.41, 5.74) is 0.595. The van der Waals surface area contributed by atoms with Gasteiger partial charge in [0.15, 0.2) is 0 Å². The molecular weight excluding hydrogens is 176 g/mol. The SMILES string of the molecule is C=C1CC(C)OC1=O.CCCCCC. The van der Waals surface area contributed by atoms with Gasteiger partial charge in [0.25, 0.3) is 0 Å². The Kier molecular flexibility index (Phi) is 7.17. The molecule has 1 rings (SSSR count). The van der Waals surface area contributed by atoms with Crippen LogP contribution < -0.4 is 0 Å². The van der Waals surface area contributed by atoms with Gasteiger partial charge in [0, 0.05) is 12.0 Å². The van der Waals surface area contributed by atoms with E-state index >= 15 is 0 Å². The summed E-state index contributed by atoms with van der Waals surface area (Å²) in [6.07, 6.45) is 6.28. The molecule has 0 aromatic heterocycles. The van der Waals surface area contributed by atoms with Crippen molar-refractivity contribution in [2.45, 2.75) is 59.0 Å². The van der Waals surface area contributed by atoms with Crippen LogP contribution in [0.5, 0.6) is 0 Å². The highest BCUT2D eigenvalue weighted by Gasteiger charge is 2.22. The summed E-state index contributed by atoms with van der Waals surface area (Å²) in [6.45, 7) is 9.83. The fourth-order valence-electron chi connectivity index (χ4n) is 1.24. The lowest BCUT2D eigenvalue weighted by molar-refractivity contribution is -0.138.